The molecule has 0 saturated carbocycles. The molecule has 1 aromatic carbocycles. The number of aromatic nitrogens is 1. The van der Waals surface area contributed by atoms with Gasteiger partial charge in [-0.25, -0.2) is 4.39 Å². The maximum Gasteiger partial charge on any atom is 0.253 e. The molecule has 0 spiro atoms. The van der Waals surface area contributed by atoms with Gasteiger partial charge in [0.15, 0.2) is 11.6 Å². The monoisotopic (exact) mass is 290 g/mol. The number of benzene rings is 1. The third-order valence-electron chi connectivity index (χ3n) is 3.65. The molecule has 0 aliphatic carbocycles. The summed E-state index contributed by atoms with van der Waals surface area (Å²) in [6, 6.07) is 6.15. The van der Waals surface area contributed by atoms with Crippen molar-refractivity contribution in [2.24, 2.45) is 7.05 Å². The van der Waals surface area contributed by atoms with Crippen LogP contribution in [0.15, 0.2) is 30.5 Å². The second kappa shape index (κ2) is 5.99. The van der Waals surface area contributed by atoms with E-state index in [1.807, 2.05) is 31.7 Å². The molecule has 1 unspecified atom stereocenters. The zero-order chi connectivity index (χ0) is 15.6. The number of hydrogen-bond donors (Lipinski definition) is 1. The molecule has 1 amide bonds. The maximum absolute atomic E-state index is 13.7. The second-order valence-electron chi connectivity index (χ2n) is 5.01. The molecule has 0 saturated heterocycles. The Morgan fingerprint density at radius 3 is 2.62 bits per heavy atom. The van der Waals surface area contributed by atoms with Crippen LogP contribution in [0.4, 0.5) is 4.39 Å². The van der Waals surface area contributed by atoms with Crippen molar-refractivity contribution in [1.29, 1.82) is 0 Å². The van der Waals surface area contributed by atoms with E-state index in [1.165, 1.54) is 13.2 Å². The molecule has 1 aromatic heterocycles. The number of carbonyl (C=O) groups is 1. The Kier molecular flexibility index (Phi) is 4.31. The molecule has 112 valence electrons. The average molecular weight is 290 g/mol. The van der Waals surface area contributed by atoms with Crippen LogP contribution in [-0.4, -0.2) is 17.6 Å². The lowest BCUT2D eigenvalue weighted by Gasteiger charge is -2.15. The van der Waals surface area contributed by atoms with E-state index >= 15 is 0 Å². The predicted octanol–water partition coefficient (Wildman–Crippen LogP) is 2.97. The van der Waals surface area contributed by atoms with Gasteiger partial charge in [-0.3, -0.25) is 4.79 Å². The highest BCUT2D eigenvalue weighted by atomic mass is 19.1. The Bertz CT molecular complexity index is 664. The molecule has 1 N–H and O–H groups in total. The molecule has 0 bridgehead atoms. The first-order valence-electron chi connectivity index (χ1n) is 6.70. The number of aryl methyl sites for hydroxylation is 1. The number of hydrogen-bond acceptors (Lipinski definition) is 2. The average Bonchev–Trinajstić information content (AvgIpc) is 2.78. The van der Waals surface area contributed by atoms with Crippen molar-refractivity contribution in [2.45, 2.75) is 19.9 Å². The maximum atomic E-state index is 13.7. The summed E-state index contributed by atoms with van der Waals surface area (Å²) in [5.74, 6) is -0.417. The summed E-state index contributed by atoms with van der Waals surface area (Å²) in [7, 11) is 3.30. The van der Waals surface area contributed by atoms with Crippen molar-refractivity contribution in [3.05, 3.63) is 53.1 Å². The van der Waals surface area contributed by atoms with Crippen molar-refractivity contribution in [2.75, 3.05) is 7.11 Å². The fourth-order valence-corrected chi connectivity index (χ4v) is 2.16. The first-order chi connectivity index (χ1) is 9.93. The minimum Gasteiger partial charge on any atom is -0.494 e. The Labute approximate surface area is 123 Å². The SMILES string of the molecule is COc1ccc(C(C)NC(=O)c2ccn(C)c2C)cc1F. The van der Waals surface area contributed by atoms with Crippen molar-refractivity contribution < 1.29 is 13.9 Å². The van der Waals surface area contributed by atoms with Gasteiger partial charge in [0.05, 0.1) is 18.7 Å². The molecule has 1 atom stereocenters. The van der Waals surface area contributed by atoms with Crippen LogP contribution in [0, 0.1) is 12.7 Å². The summed E-state index contributed by atoms with van der Waals surface area (Å²) < 4.78 is 20.5. The van der Waals surface area contributed by atoms with Crippen LogP contribution in [-0.2, 0) is 7.05 Å². The second-order valence-corrected chi connectivity index (χ2v) is 5.01. The van der Waals surface area contributed by atoms with E-state index in [2.05, 4.69) is 5.32 Å². The molecule has 0 fully saturated rings. The first kappa shape index (κ1) is 15.1. The normalized spacial score (nSPS) is 12.0. The molecule has 0 aliphatic heterocycles. The standard InChI is InChI=1S/C16H19FN2O2/c1-10(12-5-6-15(21-4)14(17)9-12)18-16(20)13-7-8-19(3)11(13)2/h5-10H,1-4H3,(H,18,20). The van der Waals surface area contributed by atoms with Crippen molar-refractivity contribution >= 4 is 5.91 Å². The zero-order valence-corrected chi connectivity index (χ0v) is 12.6. The lowest BCUT2D eigenvalue weighted by atomic mass is 10.1. The largest absolute Gasteiger partial charge is 0.494 e. The van der Waals surface area contributed by atoms with Crippen LogP contribution in [0.3, 0.4) is 0 Å². The molecule has 0 radical (unpaired) electrons. The third kappa shape index (κ3) is 3.07. The number of carbonyl (C=O) groups excluding carboxylic acids is 1. The topological polar surface area (TPSA) is 43.3 Å². The summed E-state index contributed by atoms with van der Waals surface area (Å²) >= 11 is 0. The Balaban J connectivity index is 2.14. The quantitative estimate of drug-likeness (QED) is 0.940. The van der Waals surface area contributed by atoms with Gasteiger partial charge in [-0.1, -0.05) is 6.07 Å². The van der Waals surface area contributed by atoms with Gasteiger partial charge in [0, 0.05) is 18.9 Å². The molecule has 1 heterocycles. The molecule has 2 aromatic rings. The molecule has 0 aliphatic rings. The van der Waals surface area contributed by atoms with Gasteiger partial charge in [0.25, 0.3) is 5.91 Å². The van der Waals surface area contributed by atoms with E-state index in [-0.39, 0.29) is 17.7 Å². The summed E-state index contributed by atoms with van der Waals surface area (Å²) in [6.45, 7) is 3.70. The summed E-state index contributed by atoms with van der Waals surface area (Å²) in [4.78, 5) is 12.2. The van der Waals surface area contributed by atoms with Gasteiger partial charge in [0.2, 0.25) is 0 Å². The zero-order valence-electron chi connectivity index (χ0n) is 12.6. The molecule has 5 heteroatoms. The molecule has 2 rings (SSSR count). The number of nitrogens with zero attached hydrogens (tertiary/aromatic N) is 1. The lowest BCUT2D eigenvalue weighted by molar-refractivity contribution is 0.0939. The van der Waals surface area contributed by atoms with Gasteiger partial charge >= 0.3 is 0 Å². The van der Waals surface area contributed by atoms with Gasteiger partial charge in [0.1, 0.15) is 0 Å². The highest BCUT2D eigenvalue weighted by Crippen LogP contribution is 2.22. The highest BCUT2D eigenvalue weighted by molar-refractivity contribution is 5.95. The Morgan fingerprint density at radius 1 is 1.38 bits per heavy atom. The van der Waals surface area contributed by atoms with Crippen LogP contribution in [0.2, 0.25) is 0 Å². The minimum absolute atomic E-state index is 0.170. The van der Waals surface area contributed by atoms with E-state index in [4.69, 9.17) is 4.74 Å². The summed E-state index contributed by atoms with van der Waals surface area (Å²) in [5, 5.41) is 2.87. The molecular weight excluding hydrogens is 271 g/mol. The number of amides is 1. The van der Waals surface area contributed by atoms with Crippen molar-refractivity contribution in [3.63, 3.8) is 0 Å². The summed E-state index contributed by atoms with van der Waals surface area (Å²) in [6.07, 6.45) is 1.84. The first-order valence-corrected chi connectivity index (χ1v) is 6.70. The van der Waals surface area contributed by atoms with Gasteiger partial charge in [-0.15, -0.1) is 0 Å². The number of halogens is 1. The number of nitrogens with one attached hydrogen (secondary N) is 1. The molecular formula is C16H19FN2O2. The molecule has 4 nitrogen and oxygen atoms in total. The van der Waals surface area contributed by atoms with Crippen molar-refractivity contribution in [3.8, 4) is 5.75 Å². The van der Waals surface area contributed by atoms with E-state index in [9.17, 15) is 9.18 Å². The lowest BCUT2D eigenvalue weighted by Crippen LogP contribution is -2.27. The highest BCUT2D eigenvalue weighted by Gasteiger charge is 2.16. The summed E-state index contributed by atoms with van der Waals surface area (Å²) in [5.41, 5.74) is 2.20. The van der Waals surface area contributed by atoms with Gasteiger partial charge in [-0.2, -0.15) is 0 Å². The Hall–Kier alpha value is -2.30. The number of ether oxygens (including phenoxy) is 1. The van der Waals surface area contributed by atoms with Crippen LogP contribution in [0.1, 0.15) is 34.6 Å². The van der Waals surface area contributed by atoms with Crippen LogP contribution in [0.25, 0.3) is 0 Å². The van der Waals surface area contributed by atoms with Gasteiger partial charge in [-0.05, 0) is 37.6 Å². The van der Waals surface area contributed by atoms with Crippen LogP contribution >= 0.6 is 0 Å². The van der Waals surface area contributed by atoms with Crippen molar-refractivity contribution in [1.82, 2.24) is 9.88 Å². The fourth-order valence-electron chi connectivity index (χ4n) is 2.16. The van der Waals surface area contributed by atoms with E-state index in [0.717, 1.165) is 5.69 Å². The predicted molar refractivity (Wildman–Crippen MR) is 79.0 cm³/mol. The minimum atomic E-state index is -0.438. The van der Waals surface area contributed by atoms with E-state index in [0.29, 0.717) is 11.1 Å². The van der Waals surface area contributed by atoms with Gasteiger partial charge < -0.3 is 14.6 Å². The van der Waals surface area contributed by atoms with E-state index in [1.54, 1.807) is 18.2 Å². The Morgan fingerprint density at radius 2 is 2.10 bits per heavy atom. The van der Waals surface area contributed by atoms with Crippen LogP contribution in [0.5, 0.6) is 5.75 Å². The third-order valence-corrected chi connectivity index (χ3v) is 3.65. The van der Waals surface area contributed by atoms with Crippen LogP contribution < -0.4 is 10.1 Å². The van der Waals surface area contributed by atoms with E-state index < -0.39 is 5.82 Å². The number of methoxy groups -OCH3 is 1. The fraction of sp³-hybridized carbons (Fsp3) is 0.312. The smallest absolute Gasteiger partial charge is 0.253 e. The number of rotatable bonds is 4. The molecule has 21 heavy (non-hydrogen) atoms.